The van der Waals surface area contributed by atoms with Crippen molar-refractivity contribution in [2.24, 2.45) is 0 Å². The maximum Gasteiger partial charge on any atom is 0.123 e. The summed E-state index contributed by atoms with van der Waals surface area (Å²) in [7, 11) is 0. The van der Waals surface area contributed by atoms with Crippen LogP contribution >= 0.6 is 0 Å². The van der Waals surface area contributed by atoms with Crippen molar-refractivity contribution in [1.82, 2.24) is 5.32 Å². The summed E-state index contributed by atoms with van der Waals surface area (Å²) in [4.78, 5) is 0. The van der Waals surface area contributed by atoms with Gasteiger partial charge in [0.25, 0.3) is 0 Å². The third-order valence-electron chi connectivity index (χ3n) is 2.94. The highest BCUT2D eigenvalue weighted by molar-refractivity contribution is 5.19. The Morgan fingerprint density at radius 3 is 2.79 bits per heavy atom. The molecule has 1 nitrogen and oxygen atoms in total. The van der Waals surface area contributed by atoms with Crippen molar-refractivity contribution in [3.05, 3.63) is 35.6 Å². The molecule has 1 aromatic carbocycles. The third kappa shape index (κ3) is 2.13. The molecule has 1 aromatic rings. The zero-order valence-electron chi connectivity index (χ0n) is 8.46. The lowest BCUT2D eigenvalue weighted by molar-refractivity contribution is 0.313. The van der Waals surface area contributed by atoms with Gasteiger partial charge in [0.15, 0.2) is 0 Å². The van der Waals surface area contributed by atoms with E-state index in [2.05, 4.69) is 12.2 Å². The highest BCUT2D eigenvalue weighted by atomic mass is 19.1. The highest BCUT2D eigenvalue weighted by Crippen LogP contribution is 2.22. The van der Waals surface area contributed by atoms with Gasteiger partial charge in [0, 0.05) is 12.1 Å². The predicted molar refractivity (Wildman–Crippen MR) is 55.6 cm³/mol. The van der Waals surface area contributed by atoms with E-state index in [0.29, 0.717) is 6.04 Å². The quantitative estimate of drug-likeness (QED) is 0.778. The Morgan fingerprint density at radius 2 is 2.21 bits per heavy atom. The molecule has 0 unspecified atom stereocenters. The number of rotatable bonds is 3. The molecule has 76 valence electrons. The molecular weight excluding hydrogens is 177 g/mol. The minimum Gasteiger partial charge on any atom is -0.307 e. The van der Waals surface area contributed by atoms with E-state index in [-0.39, 0.29) is 11.9 Å². The van der Waals surface area contributed by atoms with E-state index in [1.807, 2.05) is 6.07 Å². The molecular formula is C12H16FN. The van der Waals surface area contributed by atoms with Crippen molar-refractivity contribution in [1.29, 1.82) is 0 Å². The zero-order valence-corrected chi connectivity index (χ0v) is 8.46. The van der Waals surface area contributed by atoms with Crippen molar-refractivity contribution < 1.29 is 4.39 Å². The number of nitrogens with one attached hydrogen (secondary N) is 1. The van der Waals surface area contributed by atoms with Crippen LogP contribution in [0.15, 0.2) is 24.3 Å². The molecule has 2 rings (SSSR count). The van der Waals surface area contributed by atoms with Crippen LogP contribution in [0.2, 0.25) is 0 Å². The van der Waals surface area contributed by atoms with E-state index in [0.717, 1.165) is 5.56 Å². The normalized spacial score (nSPS) is 19.0. The molecule has 0 aromatic heterocycles. The first-order chi connectivity index (χ1) is 6.75. The van der Waals surface area contributed by atoms with Gasteiger partial charge in [-0.1, -0.05) is 18.6 Å². The highest BCUT2D eigenvalue weighted by Gasteiger charge is 2.19. The Balaban J connectivity index is 1.98. The topological polar surface area (TPSA) is 12.0 Å². The summed E-state index contributed by atoms with van der Waals surface area (Å²) in [6, 6.07) is 7.74. The molecule has 1 N–H and O–H groups in total. The second-order valence-corrected chi connectivity index (χ2v) is 4.07. The van der Waals surface area contributed by atoms with Crippen molar-refractivity contribution in [2.75, 3.05) is 0 Å². The average Bonchev–Trinajstić information content (AvgIpc) is 2.11. The largest absolute Gasteiger partial charge is 0.307 e. The molecule has 2 heteroatoms. The molecule has 0 aliphatic heterocycles. The summed E-state index contributed by atoms with van der Waals surface area (Å²) in [6.07, 6.45) is 3.85. The Bertz CT molecular complexity index is 307. The summed E-state index contributed by atoms with van der Waals surface area (Å²) >= 11 is 0. The van der Waals surface area contributed by atoms with E-state index in [9.17, 15) is 4.39 Å². The first kappa shape index (κ1) is 9.66. The molecule has 1 saturated carbocycles. The van der Waals surface area contributed by atoms with Crippen LogP contribution in [0.25, 0.3) is 0 Å². The Labute approximate surface area is 84.3 Å². The van der Waals surface area contributed by atoms with E-state index >= 15 is 0 Å². The summed E-state index contributed by atoms with van der Waals surface area (Å²) < 4.78 is 12.9. The van der Waals surface area contributed by atoms with Gasteiger partial charge in [-0.05, 0) is 37.5 Å². The second-order valence-electron chi connectivity index (χ2n) is 4.07. The minimum absolute atomic E-state index is 0.148. The molecule has 0 saturated heterocycles. The van der Waals surface area contributed by atoms with Crippen LogP contribution in [-0.2, 0) is 0 Å². The van der Waals surface area contributed by atoms with Gasteiger partial charge in [-0.3, -0.25) is 0 Å². The smallest absolute Gasteiger partial charge is 0.123 e. The monoisotopic (exact) mass is 193 g/mol. The van der Waals surface area contributed by atoms with E-state index in [1.54, 1.807) is 12.1 Å². The molecule has 0 amide bonds. The van der Waals surface area contributed by atoms with Gasteiger partial charge in [0.2, 0.25) is 0 Å². The van der Waals surface area contributed by atoms with E-state index in [4.69, 9.17) is 0 Å². The maximum atomic E-state index is 12.9. The van der Waals surface area contributed by atoms with Crippen LogP contribution in [-0.4, -0.2) is 6.04 Å². The van der Waals surface area contributed by atoms with E-state index < -0.39 is 0 Å². The van der Waals surface area contributed by atoms with Crippen molar-refractivity contribution in [3.63, 3.8) is 0 Å². The molecule has 0 radical (unpaired) electrons. The van der Waals surface area contributed by atoms with Crippen LogP contribution in [0.1, 0.15) is 37.8 Å². The lowest BCUT2D eigenvalue weighted by atomic mass is 9.92. The fourth-order valence-electron chi connectivity index (χ4n) is 1.80. The SMILES string of the molecule is C[C@@H](NC1CCC1)c1cccc(F)c1. The van der Waals surface area contributed by atoms with Gasteiger partial charge in [-0.25, -0.2) is 4.39 Å². The Hall–Kier alpha value is -0.890. The van der Waals surface area contributed by atoms with Crippen molar-refractivity contribution >= 4 is 0 Å². The molecule has 1 atom stereocenters. The fourth-order valence-corrected chi connectivity index (χ4v) is 1.80. The number of halogens is 1. The van der Waals surface area contributed by atoms with E-state index in [1.165, 1.54) is 25.3 Å². The average molecular weight is 193 g/mol. The second kappa shape index (κ2) is 4.09. The summed E-state index contributed by atoms with van der Waals surface area (Å²) in [5, 5.41) is 3.49. The van der Waals surface area contributed by atoms with Crippen LogP contribution in [0.4, 0.5) is 4.39 Å². The maximum absolute atomic E-state index is 12.9. The molecule has 1 aliphatic carbocycles. The molecule has 14 heavy (non-hydrogen) atoms. The summed E-state index contributed by atoms with van der Waals surface area (Å²) in [5.74, 6) is -0.148. The predicted octanol–water partition coefficient (Wildman–Crippen LogP) is 3.03. The summed E-state index contributed by atoms with van der Waals surface area (Å²) in [6.45, 7) is 2.09. The van der Waals surface area contributed by atoms with Gasteiger partial charge in [-0.2, -0.15) is 0 Å². The van der Waals surface area contributed by atoms with Crippen LogP contribution in [0.5, 0.6) is 0 Å². The van der Waals surface area contributed by atoms with Gasteiger partial charge < -0.3 is 5.32 Å². The van der Waals surface area contributed by atoms with Crippen molar-refractivity contribution in [2.45, 2.75) is 38.3 Å². The van der Waals surface area contributed by atoms with Gasteiger partial charge >= 0.3 is 0 Å². The first-order valence-electron chi connectivity index (χ1n) is 5.27. The number of benzene rings is 1. The lowest BCUT2D eigenvalue weighted by Gasteiger charge is -2.30. The molecule has 0 heterocycles. The standard InChI is InChI=1S/C12H16FN/c1-9(14-12-6-3-7-12)10-4-2-5-11(13)8-10/h2,4-5,8-9,12,14H,3,6-7H2,1H3/t9-/m1/s1. The van der Waals surface area contributed by atoms with Gasteiger partial charge in [-0.15, -0.1) is 0 Å². The summed E-state index contributed by atoms with van der Waals surface area (Å²) in [5.41, 5.74) is 1.04. The van der Waals surface area contributed by atoms with Crippen LogP contribution in [0, 0.1) is 5.82 Å². The van der Waals surface area contributed by atoms with Crippen LogP contribution in [0.3, 0.4) is 0 Å². The zero-order chi connectivity index (χ0) is 9.97. The first-order valence-corrected chi connectivity index (χ1v) is 5.27. The fraction of sp³-hybridized carbons (Fsp3) is 0.500. The number of hydrogen-bond acceptors (Lipinski definition) is 1. The Morgan fingerprint density at radius 1 is 1.43 bits per heavy atom. The molecule has 1 aliphatic rings. The van der Waals surface area contributed by atoms with Crippen molar-refractivity contribution in [3.8, 4) is 0 Å². The Kier molecular flexibility index (Phi) is 2.82. The number of hydrogen-bond donors (Lipinski definition) is 1. The lowest BCUT2D eigenvalue weighted by Crippen LogP contribution is -2.36. The molecule has 0 bridgehead atoms. The molecule has 0 spiro atoms. The molecule has 1 fully saturated rings. The minimum atomic E-state index is -0.148. The van der Waals surface area contributed by atoms with Gasteiger partial charge in [0.1, 0.15) is 5.82 Å². The van der Waals surface area contributed by atoms with Crippen LogP contribution < -0.4 is 5.32 Å². The van der Waals surface area contributed by atoms with Gasteiger partial charge in [0.05, 0.1) is 0 Å². The third-order valence-corrected chi connectivity index (χ3v) is 2.94.